The van der Waals surface area contributed by atoms with E-state index in [4.69, 9.17) is 21.1 Å². The number of epoxide rings is 1. The molecule has 0 amide bonds. The zero-order valence-electron chi connectivity index (χ0n) is 12.0. The van der Waals surface area contributed by atoms with Gasteiger partial charge in [-0.3, -0.25) is 9.59 Å². The monoisotopic (exact) mass is 320 g/mol. The van der Waals surface area contributed by atoms with Crippen LogP contribution in [-0.2, 0) is 14.3 Å². The number of carbonyl (C=O) groups excluding carboxylic acids is 3. The van der Waals surface area contributed by atoms with Crippen LogP contribution >= 0.6 is 11.6 Å². The number of Topliss-reactive ketones (excluding diaryl/α,β-unsaturated/α-hetero) is 2. The molecule has 1 heterocycles. The van der Waals surface area contributed by atoms with Crippen molar-refractivity contribution in [3.8, 4) is 0 Å². The second kappa shape index (κ2) is 5.04. The molecule has 6 heteroatoms. The predicted octanol–water partition coefficient (Wildman–Crippen LogP) is 2.28. The van der Waals surface area contributed by atoms with E-state index in [9.17, 15) is 14.4 Å². The summed E-state index contributed by atoms with van der Waals surface area (Å²) < 4.78 is 10.3. The Morgan fingerprint density at radius 1 is 1.27 bits per heavy atom. The van der Waals surface area contributed by atoms with Gasteiger partial charge in [0.2, 0.25) is 5.78 Å². The molecule has 2 atom stereocenters. The summed E-state index contributed by atoms with van der Waals surface area (Å²) in [5.74, 6) is -1.40. The molecule has 5 nitrogen and oxygen atoms in total. The van der Waals surface area contributed by atoms with Crippen molar-refractivity contribution in [1.82, 2.24) is 0 Å². The zero-order valence-corrected chi connectivity index (χ0v) is 12.8. The van der Waals surface area contributed by atoms with E-state index in [0.717, 1.165) is 0 Å². The average Bonchev–Trinajstić information content (AvgIpc) is 3.18. The molecule has 0 N–H and O–H groups in total. The number of hydrogen-bond donors (Lipinski definition) is 0. The lowest BCUT2D eigenvalue weighted by Gasteiger charge is -2.17. The van der Waals surface area contributed by atoms with Gasteiger partial charge in [-0.1, -0.05) is 35.9 Å². The van der Waals surface area contributed by atoms with E-state index in [2.05, 4.69) is 0 Å². The Bertz CT molecular complexity index is 736. The van der Waals surface area contributed by atoms with E-state index in [1.165, 1.54) is 6.92 Å². The molecule has 1 aliphatic carbocycles. The molecule has 1 aliphatic heterocycles. The first kappa shape index (κ1) is 14.9. The number of esters is 1. The largest absolute Gasteiger partial charge is 0.464 e. The van der Waals surface area contributed by atoms with Gasteiger partial charge in [-0.05, 0) is 13.8 Å². The van der Waals surface area contributed by atoms with Crippen LogP contribution < -0.4 is 0 Å². The summed E-state index contributed by atoms with van der Waals surface area (Å²) in [5.41, 5.74) is -0.706. The normalized spacial score (nSPS) is 26.8. The van der Waals surface area contributed by atoms with E-state index in [1.54, 1.807) is 31.2 Å². The molecule has 114 valence electrons. The van der Waals surface area contributed by atoms with Crippen LogP contribution in [0, 0.1) is 0 Å². The third-order valence-electron chi connectivity index (χ3n) is 3.85. The minimum absolute atomic E-state index is 0.0286. The molecule has 1 saturated heterocycles. The Balaban J connectivity index is 2.00. The highest BCUT2D eigenvalue weighted by molar-refractivity contribution is 6.50. The van der Waals surface area contributed by atoms with Gasteiger partial charge in [0, 0.05) is 11.1 Å². The SMILES string of the molecule is CCOC(=O)C1(C)OC1C1=C(Cl)C(=O)c2ccccc2C1=O. The van der Waals surface area contributed by atoms with Crippen molar-refractivity contribution in [3.63, 3.8) is 0 Å². The number of allylic oxidation sites excluding steroid dienone is 1. The molecule has 0 saturated carbocycles. The maximum atomic E-state index is 12.6. The van der Waals surface area contributed by atoms with Crippen LogP contribution in [0.3, 0.4) is 0 Å². The molecule has 1 fully saturated rings. The molecular weight excluding hydrogens is 308 g/mol. The second-order valence-electron chi connectivity index (χ2n) is 5.26. The van der Waals surface area contributed by atoms with E-state index in [0.29, 0.717) is 0 Å². The number of ether oxygens (including phenoxy) is 2. The highest BCUT2D eigenvalue weighted by Crippen LogP contribution is 2.46. The highest BCUT2D eigenvalue weighted by atomic mass is 35.5. The van der Waals surface area contributed by atoms with Crippen LogP contribution in [0.25, 0.3) is 0 Å². The summed E-state index contributed by atoms with van der Waals surface area (Å²) in [6.07, 6.45) is -0.858. The third-order valence-corrected chi connectivity index (χ3v) is 4.22. The molecule has 1 aromatic rings. The molecule has 0 bridgehead atoms. The lowest BCUT2D eigenvalue weighted by atomic mass is 9.85. The Labute approximate surface area is 131 Å². The first-order valence-corrected chi connectivity index (χ1v) is 7.22. The molecule has 3 rings (SSSR count). The fraction of sp³-hybridized carbons (Fsp3) is 0.312. The van der Waals surface area contributed by atoms with Gasteiger partial charge in [-0.2, -0.15) is 0 Å². The Kier molecular flexibility index (Phi) is 3.42. The Hall–Kier alpha value is -1.98. The summed E-state index contributed by atoms with van der Waals surface area (Å²) in [6, 6.07) is 6.44. The van der Waals surface area contributed by atoms with E-state index < -0.39 is 29.2 Å². The van der Waals surface area contributed by atoms with Crippen molar-refractivity contribution in [2.24, 2.45) is 0 Å². The van der Waals surface area contributed by atoms with Gasteiger partial charge in [0.15, 0.2) is 11.4 Å². The number of fused-ring (bicyclic) bond motifs is 1. The molecule has 2 unspecified atom stereocenters. The number of hydrogen-bond acceptors (Lipinski definition) is 5. The summed E-state index contributed by atoms with van der Waals surface area (Å²) in [5, 5.41) is -0.193. The summed E-state index contributed by atoms with van der Waals surface area (Å²) in [6.45, 7) is 3.40. The second-order valence-corrected chi connectivity index (χ2v) is 5.63. The first-order chi connectivity index (χ1) is 10.4. The van der Waals surface area contributed by atoms with Gasteiger partial charge >= 0.3 is 5.97 Å². The maximum Gasteiger partial charge on any atom is 0.341 e. The highest BCUT2D eigenvalue weighted by Gasteiger charge is 2.64. The summed E-state index contributed by atoms with van der Waals surface area (Å²) in [4.78, 5) is 36.8. The van der Waals surface area contributed by atoms with Gasteiger partial charge in [0.05, 0.1) is 17.2 Å². The molecule has 0 radical (unpaired) electrons. The molecule has 0 spiro atoms. The van der Waals surface area contributed by atoms with Crippen LogP contribution in [0.4, 0.5) is 0 Å². The standard InChI is InChI=1S/C16H13ClO5/c1-3-21-15(20)16(2)14(22-16)10-11(17)13(19)9-7-5-4-6-8(9)12(10)18/h4-7,14H,3H2,1-2H3. The molecule has 1 aromatic carbocycles. The van der Waals surface area contributed by atoms with E-state index in [-0.39, 0.29) is 28.3 Å². The van der Waals surface area contributed by atoms with Gasteiger partial charge in [-0.15, -0.1) is 0 Å². The number of benzene rings is 1. The van der Waals surface area contributed by atoms with Crippen molar-refractivity contribution in [3.05, 3.63) is 46.0 Å². The first-order valence-electron chi connectivity index (χ1n) is 6.85. The van der Waals surface area contributed by atoms with Crippen LogP contribution in [0.5, 0.6) is 0 Å². The van der Waals surface area contributed by atoms with Crippen molar-refractivity contribution in [1.29, 1.82) is 0 Å². The topological polar surface area (TPSA) is 73.0 Å². The number of ketones is 2. The van der Waals surface area contributed by atoms with Gasteiger partial charge in [0.25, 0.3) is 0 Å². The van der Waals surface area contributed by atoms with Crippen LogP contribution in [0.15, 0.2) is 34.9 Å². The molecule has 2 aliphatic rings. The third kappa shape index (κ3) is 2.01. The lowest BCUT2D eigenvalue weighted by molar-refractivity contribution is -0.148. The zero-order chi connectivity index (χ0) is 16.1. The molecule has 22 heavy (non-hydrogen) atoms. The average molecular weight is 321 g/mol. The summed E-state index contributed by atoms with van der Waals surface area (Å²) in [7, 11) is 0. The van der Waals surface area contributed by atoms with Gasteiger partial charge in [-0.25, -0.2) is 4.79 Å². The fourth-order valence-electron chi connectivity index (χ4n) is 2.57. The van der Waals surface area contributed by atoms with E-state index in [1.807, 2.05) is 0 Å². The minimum Gasteiger partial charge on any atom is -0.464 e. The van der Waals surface area contributed by atoms with Crippen molar-refractivity contribution in [2.75, 3.05) is 6.61 Å². The van der Waals surface area contributed by atoms with Crippen molar-refractivity contribution in [2.45, 2.75) is 25.6 Å². The number of rotatable bonds is 3. The lowest BCUT2D eigenvalue weighted by Crippen LogP contribution is -2.31. The molecule has 0 aromatic heterocycles. The van der Waals surface area contributed by atoms with Gasteiger partial charge in [0.1, 0.15) is 6.10 Å². The van der Waals surface area contributed by atoms with Crippen molar-refractivity contribution < 1.29 is 23.9 Å². The number of carbonyl (C=O) groups is 3. The van der Waals surface area contributed by atoms with Crippen LogP contribution in [-0.4, -0.2) is 35.8 Å². The predicted molar refractivity (Wildman–Crippen MR) is 77.9 cm³/mol. The Morgan fingerprint density at radius 2 is 1.86 bits per heavy atom. The van der Waals surface area contributed by atoms with Crippen LogP contribution in [0.1, 0.15) is 34.6 Å². The Morgan fingerprint density at radius 3 is 2.45 bits per heavy atom. The number of halogens is 1. The van der Waals surface area contributed by atoms with Crippen LogP contribution in [0.2, 0.25) is 0 Å². The quantitative estimate of drug-likeness (QED) is 0.631. The fourth-order valence-corrected chi connectivity index (χ4v) is 2.86. The summed E-state index contributed by atoms with van der Waals surface area (Å²) >= 11 is 6.08. The maximum absolute atomic E-state index is 12.6. The smallest absolute Gasteiger partial charge is 0.341 e. The minimum atomic E-state index is -1.27. The van der Waals surface area contributed by atoms with Gasteiger partial charge < -0.3 is 9.47 Å². The molecular formula is C16H13ClO5. The van der Waals surface area contributed by atoms with Crippen molar-refractivity contribution >= 4 is 29.1 Å². The van der Waals surface area contributed by atoms with E-state index >= 15 is 0 Å².